The molecule has 146 valence electrons. The summed E-state index contributed by atoms with van der Waals surface area (Å²) in [6.07, 6.45) is 2.70. The molecule has 0 radical (unpaired) electrons. The quantitative estimate of drug-likeness (QED) is 0.668. The second kappa shape index (κ2) is 10.00. The van der Waals surface area contributed by atoms with Crippen molar-refractivity contribution in [1.82, 2.24) is 5.32 Å². The molecule has 0 amide bonds. The molecule has 0 bridgehead atoms. The molecule has 0 aliphatic heterocycles. The molecule has 0 unspecified atom stereocenters. The predicted molar refractivity (Wildman–Crippen MR) is 108 cm³/mol. The van der Waals surface area contributed by atoms with Crippen LogP contribution in [0.5, 0.6) is 0 Å². The van der Waals surface area contributed by atoms with Crippen LogP contribution in [0.2, 0.25) is 0 Å². The average molecular weight is 370 g/mol. The van der Waals surface area contributed by atoms with Crippen molar-refractivity contribution in [2.75, 3.05) is 13.2 Å². The van der Waals surface area contributed by atoms with Gasteiger partial charge >= 0.3 is 0 Å². The minimum absolute atomic E-state index is 0.156. The van der Waals surface area contributed by atoms with E-state index in [1.807, 2.05) is 30.3 Å². The fourth-order valence-electron chi connectivity index (χ4n) is 3.72. The minimum atomic E-state index is -0.563. The van der Waals surface area contributed by atoms with Gasteiger partial charge in [0.25, 0.3) is 0 Å². The highest BCUT2D eigenvalue weighted by Gasteiger charge is 2.21. The van der Waals surface area contributed by atoms with Crippen LogP contribution in [0.3, 0.4) is 0 Å². The fraction of sp³-hybridized carbons (Fsp3) is 0.478. The van der Waals surface area contributed by atoms with Crippen molar-refractivity contribution in [2.24, 2.45) is 0 Å². The number of rotatable bonds is 8. The Labute approximate surface area is 162 Å². The molecule has 0 aromatic heterocycles. The van der Waals surface area contributed by atoms with Gasteiger partial charge in [-0.15, -0.1) is 0 Å². The molecule has 1 aliphatic rings. The summed E-state index contributed by atoms with van der Waals surface area (Å²) in [5.41, 5.74) is 3.40. The number of hydrogen-bond donors (Lipinski definition) is 3. The normalized spacial score (nSPS) is 22.3. The summed E-state index contributed by atoms with van der Waals surface area (Å²) >= 11 is 0. The van der Waals surface area contributed by atoms with Gasteiger partial charge in [0.1, 0.15) is 6.10 Å². The zero-order chi connectivity index (χ0) is 19.1. The smallest absolute Gasteiger partial charge is 0.108 e. The van der Waals surface area contributed by atoms with Gasteiger partial charge in [-0.1, -0.05) is 54.6 Å². The molecule has 4 nitrogen and oxygen atoms in total. The van der Waals surface area contributed by atoms with Gasteiger partial charge in [-0.05, 0) is 49.3 Å². The number of ether oxygens (including phenoxy) is 1. The Morgan fingerprint density at radius 2 is 1.67 bits per heavy atom. The van der Waals surface area contributed by atoms with Crippen LogP contribution in [0, 0.1) is 6.92 Å². The van der Waals surface area contributed by atoms with Crippen LogP contribution < -0.4 is 5.32 Å². The Kier molecular flexibility index (Phi) is 7.41. The zero-order valence-corrected chi connectivity index (χ0v) is 16.1. The first-order chi connectivity index (χ1) is 13.1. The van der Waals surface area contributed by atoms with Crippen molar-refractivity contribution in [2.45, 2.75) is 57.0 Å². The Morgan fingerprint density at radius 3 is 2.37 bits per heavy atom. The van der Waals surface area contributed by atoms with Crippen LogP contribution in [0.1, 0.15) is 48.5 Å². The lowest BCUT2D eigenvalue weighted by molar-refractivity contribution is 0.00427. The van der Waals surface area contributed by atoms with Crippen LogP contribution in [-0.4, -0.2) is 41.6 Å². The zero-order valence-electron chi connectivity index (χ0n) is 16.1. The van der Waals surface area contributed by atoms with E-state index in [0.717, 1.165) is 36.8 Å². The molecule has 1 fully saturated rings. The van der Waals surface area contributed by atoms with E-state index in [4.69, 9.17) is 4.74 Å². The van der Waals surface area contributed by atoms with Gasteiger partial charge in [-0.3, -0.25) is 0 Å². The van der Waals surface area contributed by atoms with E-state index in [-0.39, 0.29) is 18.8 Å². The molecule has 2 aromatic carbocycles. The minimum Gasteiger partial charge on any atom is -0.393 e. The third kappa shape index (κ3) is 5.88. The Morgan fingerprint density at radius 1 is 1.00 bits per heavy atom. The summed E-state index contributed by atoms with van der Waals surface area (Å²) in [6, 6.07) is 18.8. The highest BCUT2D eigenvalue weighted by Crippen LogP contribution is 2.28. The van der Waals surface area contributed by atoms with Crippen LogP contribution in [-0.2, 0) is 4.74 Å². The van der Waals surface area contributed by atoms with E-state index in [0.29, 0.717) is 12.6 Å². The van der Waals surface area contributed by atoms with Gasteiger partial charge in [0, 0.05) is 12.6 Å². The van der Waals surface area contributed by atoms with Gasteiger partial charge in [0.05, 0.1) is 18.8 Å². The highest BCUT2D eigenvalue weighted by molar-refractivity contribution is 5.35. The molecule has 4 heteroatoms. The lowest BCUT2D eigenvalue weighted by Gasteiger charge is -2.28. The topological polar surface area (TPSA) is 61.7 Å². The van der Waals surface area contributed by atoms with E-state index in [9.17, 15) is 10.2 Å². The first-order valence-corrected chi connectivity index (χ1v) is 9.95. The second-order valence-electron chi connectivity index (χ2n) is 7.55. The third-order valence-electron chi connectivity index (χ3n) is 5.37. The molecule has 2 atom stereocenters. The monoisotopic (exact) mass is 369 g/mol. The molecule has 2 aromatic rings. The van der Waals surface area contributed by atoms with Crippen molar-refractivity contribution in [3.05, 3.63) is 71.3 Å². The Bertz CT molecular complexity index is 683. The molecular weight excluding hydrogens is 338 g/mol. The molecule has 0 heterocycles. The van der Waals surface area contributed by atoms with Gasteiger partial charge in [-0.25, -0.2) is 0 Å². The van der Waals surface area contributed by atoms with E-state index >= 15 is 0 Å². The molecule has 1 aliphatic carbocycles. The summed E-state index contributed by atoms with van der Waals surface area (Å²) in [5.74, 6) is 0. The summed E-state index contributed by atoms with van der Waals surface area (Å²) < 4.78 is 6.18. The van der Waals surface area contributed by atoms with Gasteiger partial charge in [0.15, 0.2) is 0 Å². The molecule has 3 N–H and O–H groups in total. The van der Waals surface area contributed by atoms with E-state index < -0.39 is 6.10 Å². The Balaban J connectivity index is 1.57. The molecular formula is C23H31NO3. The number of hydrogen-bond acceptors (Lipinski definition) is 4. The van der Waals surface area contributed by atoms with Gasteiger partial charge in [0.2, 0.25) is 0 Å². The Hall–Kier alpha value is -1.72. The average Bonchev–Trinajstić information content (AvgIpc) is 2.70. The lowest BCUT2D eigenvalue weighted by Crippen LogP contribution is -2.40. The standard InChI is InChI=1S/C23H31NO3/c1-17-7-5-6-10-22(17)23(18-8-3-2-4-9-18)27-16-21(26)15-24-19-11-13-20(25)14-12-19/h2-10,19-21,23-26H,11-16H2,1H3/t19?,20?,21-,23+/m1/s1. The largest absolute Gasteiger partial charge is 0.393 e. The van der Waals surface area contributed by atoms with Crippen molar-refractivity contribution >= 4 is 0 Å². The van der Waals surface area contributed by atoms with Crippen molar-refractivity contribution < 1.29 is 14.9 Å². The second-order valence-corrected chi connectivity index (χ2v) is 7.55. The number of aliphatic hydroxyl groups excluding tert-OH is 2. The fourth-order valence-corrected chi connectivity index (χ4v) is 3.72. The molecule has 0 spiro atoms. The SMILES string of the molecule is Cc1ccccc1[C@@H](OC[C@H](O)CNC1CCC(O)CC1)c1ccccc1. The summed E-state index contributed by atoms with van der Waals surface area (Å²) in [7, 11) is 0. The number of aryl methyl sites for hydroxylation is 1. The van der Waals surface area contributed by atoms with Gasteiger partial charge in [-0.2, -0.15) is 0 Å². The molecule has 0 saturated heterocycles. The van der Waals surface area contributed by atoms with Crippen LogP contribution in [0.4, 0.5) is 0 Å². The van der Waals surface area contributed by atoms with Gasteiger partial charge < -0.3 is 20.3 Å². The van der Waals surface area contributed by atoms with Crippen LogP contribution >= 0.6 is 0 Å². The molecule has 27 heavy (non-hydrogen) atoms. The van der Waals surface area contributed by atoms with Crippen LogP contribution in [0.25, 0.3) is 0 Å². The van der Waals surface area contributed by atoms with Crippen molar-refractivity contribution in [3.8, 4) is 0 Å². The maximum Gasteiger partial charge on any atom is 0.108 e. The lowest BCUT2D eigenvalue weighted by atomic mass is 9.93. The first kappa shape index (κ1) is 20.0. The van der Waals surface area contributed by atoms with E-state index in [1.165, 1.54) is 5.56 Å². The van der Waals surface area contributed by atoms with Crippen LogP contribution in [0.15, 0.2) is 54.6 Å². The maximum absolute atomic E-state index is 10.4. The number of benzene rings is 2. The summed E-state index contributed by atoms with van der Waals surface area (Å²) in [5, 5.41) is 23.4. The molecule has 1 saturated carbocycles. The first-order valence-electron chi connectivity index (χ1n) is 9.95. The predicted octanol–water partition coefficient (Wildman–Crippen LogP) is 3.36. The van der Waals surface area contributed by atoms with E-state index in [1.54, 1.807) is 0 Å². The summed E-state index contributed by atoms with van der Waals surface area (Å²) in [6.45, 7) is 2.87. The molecule has 3 rings (SSSR count). The number of aliphatic hydroxyl groups is 2. The number of nitrogens with one attached hydrogen (secondary N) is 1. The maximum atomic E-state index is 10.4. The van der Waals surface area contributed by atoms with Crippen molar-refractivity contribution in [1.29, 1.82) is 0 Å². The van der Waals surface area contributed by atoms with Crippen molar-refractivity contribution in [3.63, 3.8) is 0 Å². The summed E-state index contributed by atoms with van der Waals surface area (Å²) in [4.78, 5) is 0. The third-order valence-corrected chi connectivity index (χ3v) is 5.37. The van der Waals surface area contributed by atoms with E-state index in [2.05, 4.69) is 36.5 Å². The highest BCUT2D eigenvalue weighted by atomic mass is 16.5.